The van der Waals surface area contributed by atoms with Crippen LogP contribution in [0.4, 0.5) is 0 Å². The van der Waals surface area contributed by atoms with Crippen molar-refractivity contribution in [3.8, 4) is 5.75 Å². The van der Waals surface area contributed by atoms with E-state index < -0.39 is 5.41 Å². The van der Waals surface area contributed by atoms with Gasteiger partial charge in [-0.25, -0.2) is 0 Å². The predicted octanol–water partition coefficient (Wildman–Crippen LogP) is 1.43. The molecule has 1 rings (SSSR count). The summed E-state index contributed by atoms with van der Waals surface area (Å²) in [6, 6.07) is 6.37. The average Bonchev–Trinajstić information content (AvgIpc) is 2.26. The highest BCUT2D eigenvalue weighted by molar-refractivity contribution is 7.80. The van der Waals surface area contributed by atoms with Gasteiger partial charge in [-0.2, -0.15) is 0 Å². The standard InChI is InChI=1S/C12H16N2O2S/c1-12(2,11(13)17)7-14-10(16)8-5-3-4-6-9(8)15/h3-6,15H,7H2,1-2H3,(H2,13,17)(H,14,16). The Labute approximate surface area is 106 Å². The van der Waals surface area contributed by atoms with Crippen LogP contribution in [0.25, 0.3) is 0 Å². The summed E-state index contributed by atoms with van der Waals surface area (Å²) in [7, 11) is 0. The quantitative estimate of drug-likeness (QED) is 0.709. The van der Waals surface area contributed by atoms with Crippen molar-refractivity contribution in [2.24, 2.45) is 11.1 Å². The van der Waals surface area contributed by atoms with Gasteiger partial charge in [-0.1, -0.05) is 38.2 Å². The van der Waals surface area contributed by atoms with Gasteiger partial charge in [0.15, 0.2) is 0 Å². The molecular weight excluding hydrogens is 236 g/mol. The van der Waals surface area contributed by atoms with Gasteiger partial charge in [-0.05, 0) is 12.1 Å². The molecule has 0 aliphatic carbocycles. The lowest BCUT2D eigenvalue weighted by atomic mass is 9.93. The number of carbonyl (C=O) groups excluding carboxylic acids is 1. The van der Waals surface area contributed by atoms with Crippen molar-refractivity contribution < 1.29 is 9.90 Å². The molecule has 0 aromatic heterocycles. The van der Waals surface area contributed by atoms with E-state index >= 15 is 0 Å². The number of phenolic OH excluding ortho intramolecular Hbond substituents is 1. The monoisotopic (exact) mass is 252 g/mol. The third-order valence-electron chi connectivity index (χ3n) is 2.51. The Bertz CT molecular complexity index is 444. The summed E-state index contributed by atoms with van der Waals surface area (Å²) in [4.78, 5) is 12.1. The second-order valence-corrected chi connectivity index (χ2v) is 4.89. The van der Waals surface area contributed by atoms with Crippen LogP contribution in [0.3, 0.4) is 0 Å². The summed E-state index contributed by atoms with van der Waals surface area (Å²) in [6.45, 7) is 4.02. The van der Waals surface area contributed by atoms with E-state index in [0.717, 1.165) is 0 Å². The molecule has 0 aliphatic heterocycles. The molecule has 0 aliphatic rings. The highest BCUT2D eigenvalue weighted by Gasteiger charge is 2.22. The van der Waals surface area contributed by atoms with Crippen LogP contribution in [0.5, 0.6) is 5.75 Å². The largest absolute Gasteiger partial charge is 0.507 e. The van der Waals surface area contributed by atoms with Crippen molar-refractivity contribution in [1.29, 1.82) is 0 Å². The van der Waals surface area contributed by atoms with Crippen LogP contribution in [0.1, 0.15) is 24.2 Å². The number of benzene rings is 1. The number of para-hydroxylation sites is 1. The van der Waals surface area contributed by atoms with Crippen LogP contribution in [0.2, 0.25) is 0 Å². The molecule has 0 saturated carbocycles. The third kappa shape index (κ3) is 3.42. The molecule has 0 fully saturated rings. The van der Waals surface area contributed by atoms with E-state index in [-0.39, 0.29) is 17.2 Å². The van der Waals surface area contributed by atoms with Crippen LogP contribution < -0.4 is 11.1 Å². The van der Waals surface area contributed by atoms with Gasteiger partial charge >= 0.3 is 0 Å². The van der Waals surface area contributed by atoms with E-state index in [0.29, 0.717) is 11.5 Å². The minimum atomic E-state index is -0.449. The summed E-state index contributed by atoms with van der Waals surface area (Å²) in [5.74, 6) is -0.384. The highest BCUT2D eigenvalue weighted by Crippen LogP contribution is 2.17. The lowest BCUT2D eigenvalue weighted by Gasteiger charge is -2.23. The number of carbonyl (C=O) groups is 1. The van der Waals surface area contributed by atoms with Crippen LogP contribution in [0, 0.1) is 5.41 Å². The Balaban J connectivity index is 2.69. The summed E-state index contributed by atoms with van der Waals surface area (Å²) >= 11 is 4.90. The fourth-order valence-electron chi connectivity index (χ4n) is 1.15. The topological polar surface area (TPSA) is 75.3 Å². The number of amides is 1. The molecule has 4 nitrogen and oxygen atoms in total. The Morgan fingerprint density at radius 2 is 2.06 bits per heavy atom. The number of thiocarbonyl (C=S) groups is 1. The van der Waals surface area contributed by atoms with Gasteiger partial charge in [0.25, 0.3) is 5.91 Å². The molecule has 1 aromatic carbocycles. The molecule has 5 heteroatoms. The summed E-state index contributed by atoms with van der Waals surface area (Å²) < 4.78 is 0. The molecule has 0 atom stereocenters. The van der Waals surface area contributed by atoms with E-state index in [1.807, 2.05) is 13.8 Å². The zero-order valence-corrected chi connectivity index (χ0v) is 10.7. The maximum Gasteiger partial charge on any atom is 0.255 e. The summed E-state index contributed by atoms with van der Waals surface area (Å²) in [5.41, 5.74) is 5.35. The van der Waals surface area contributed by atoms with E-state index in [1.165, 1.54) is 6.07 Å². The summed E-state index contributed by atoms with van der Waals surface area (Å²) in [5, 5.41) is 12.2. The van der Waals surface area contributed by atoms with Crippen molar-refractivity contribution in [3.63, 3.8) is 0 Å². The van der Waals surface area contributed by atoms with Crippen molar-refractivity contribution >= 4 is 23.1 Å². The van der Waals surface area contributed by atoms with Gasteiger partial charge < -0.3 is 16.2 Å². The van der Waals surface area contributed by atoms with Crippen molar-refractivity contribution in [2.45, 2.75) is 13.8 Å². The Hall–Kier alpha value is -1.62. The van der Waals surface area contributed by atoms with Crippen LogP contribution in [0.15, 0.2) is 24.3 Å². The van der Waals surface area contributed by atoms with Gasteiger partial charge in [0.05, 0.1) is 10.6 Å². The Morgan fingerprint density at radius 3 is 2.59 bits per heavy atom. The first-order chi connectivity index (χ1) is 7.84. The van der Waals surface area contributed by atoms with Gasteiger partial charge in [0.1, 0.15) is 5.75 Å². The second-order valence-electron chi connectivity index (χ2n) is 4.45. The fraction of sp³-hybridized carbons (Fsp3) is 0.333. The first-order valence-corrected chi connectivity index (χ1v) is 5.61. The third-order valence-corrected chi connectivity index (χ3v) is 3.06. The van der Waals surface area contributed by atoms with Crippen molar-refractivity contribution in [3.05, 3.63) is 29.8 Å². The maximum atomic E-state index is 11.8. The lowest BCUT2D eigenvalue weighted by molar-refractivity contribution is 0.0942. The minimum absolute atomic E-state index is 0.0434. The van der Waals surface area contributed by atoms with Gasteiger partial charge in [-0.15, -0.1) is 0 Å². The molecule has 1 aromatic rings. The van der Waals surface area contributed by atoms with E-state index in [4.69, 9.17) is 18.0 Å². The zero-order valence-electron chi connectivity index (χ0n) is 9.86. The first kappa shape index (κ1) is 13.4. The SMILES string of the molecule is CC(C)(CNC(=O)c1ccccc1O)C(N)=S. The number of phenols is 1. The maximum absolute atomic E-state index is 11.8. The van der Waals surface area contributed by atoms with Crippen LogP contribution in [-0.2, 0) is 0 Å². The first-order valence-electron chi connectivity index (χ1n) is 5.20. The van der Waals surface area contributed by atoms with E-state index in [2.05, 4.69) is 5.32 Å². The molecule has 0 radical (unpaired) electrons. The van der Waals surface area contributed by atoms with Gasteiger partial charge in [0.2, 0.25) is 0 Å². The summed E-state index contributed by atoms with van der Waals surface area (Å²) in [6.07, 6.45) is 0. The molecule has 0 bridgehead atoms. The molecule has 0 spiro atoms. The number of rotatable bonds is 4. The number of nitrogens with one attached hydrogen (secondary N) is 1. The molecule has 4 N–H and O–H groups in total. The number of aromatic hydroxyl groups is 1. The molecule has 0 heterocycles. The lowest BCUT2D eigenvalue weighted by Crippen LogP contribution is -2.41. The zero-order chi connectivity index (χ0) is 13.1. The minimum Gasteiger partial charge on any atom is -0.507 e. The Morgan fingerprint density at radius 1 is 1.47 bits per heavy atom. The Kier molecular flexibility index (Phi) is 4.07. The molecular formula is C12H16N2O2S. The van der Waals surface area contributed by atoms with Crippen molar-refractivity contribution in [2.75, 3.05) is 6.54 Å². The predicted molar refractivity (Wildman–Crippen MR) is 71.0 cm³/mol. The van der Waals surface area contributed by atoms with E-state index in [1.54, 1.807) is 18.2 Å². The molecule has 0 saturated heterocycles. The van der Waals surface area contributed by atoms with E-state index in [9.17, 15) is 9.90 Å². The van der Waals surface area contributed by atoms with Crippen LogP contribution >= 0.6 is 12.2 Å². The van der Waals surface area contributed by atoms with Gasteiger partial charge in [-0.3, -0.25) is 4.79 Å². The average molecular weight is 252 g/mol. The number of nitrogens with two attached hydrogens (primary N) is 1. The second kappa shape index (κ2) is 5.14. The number of hydrogen-bond acceptors (Lipinski definition) is 3. The molecule has 0 unspecified atom stereocenters. The smallest absolute Gasteiger partial charge is 0.255 e. The van der Waals surface area contributed by atoms with Crippen molar-refractivity contribution in [1.82, 2.24) is 5.32 Å². The fourth-order valence-corrected chi connectivity index (χ4v) is 1.22. The number of hydrogen-bond donors (Lipinski definition) is 3. The van der Waals surface area contributed by atoms with Crippen LogP contribution in [-0.4, -0.2) is 22.5 Å². The normalized spacial score (nSPS) is 10.9. The molecule has 92 valence electrons. The van der Waals surface area contributed by atoms with Gasteiger partial charge in [0, 0.05) is 12.0 Å². The highest BCUT2D eigenvalue weighted by atomic mass is 32.1. The molecule has 17 heavy (non-hydrogen) atoms. The molecule has 1 amide bonds.